The number of benzene rings is 1. The van der Waals surface area contributed by atoms with E-state index >= 15 is 0 Å². The Morgan fingerprint density at radius 2 is 1.88 bits per heavy atom. The number of methoxy groups -OCH3 is 4. The van der Waals surface area contributed by atoms with Crippen molar-refractivity contribution in [2.75, 3.05) is 35.0 Å². The van der Waals surface area contributed by atoms with Crippen LogP contribution in [0.2, 0.25) is 0 Å². The minimum atomic E-state index is 0. The van der Waals surface area contributed by atoms with Crippen molar-refractivity contribution in [3.63, 3.8) is 0 Å². The van der Waals surface area contributed by atoms with Gasteiger partial charge in [-0.1, -0.05) is 0 Å². The summed E-state index contributed by atoms with van der Waals surface area (Å²) in [5.74, 6) is 4.47. The Balaban J connectivity index is 0.00000363. The van der Waals surface area contributed by atoms with Gasteiger partial charge in [-0.05, 0) is 13.3 Å². The van der Waals surface area contributed by atoms with Crippen molar-refractivity contribution in [2.45, 2.75) is 45.5 Å². The highest BCUT2D eigenvalue weighted by Crippen LogP contribution is 2.34. The highest BCUT2D eigenvalue weighted by molar-refractivity contribution is 14.0. The summed E-state index contributed by atoms with van der Waals surface area (Å²) >= 11 is 0. The van der Waals surface area contributed by atoms with E-state index < -0.39 is 0 Å². The van der Waals surface area contributed by atoms with Gasteiger partial charge in [0, 0.05) is 38.2 Å². The molecule has 32 heavy (non-hydrogen) atoms. The minimum absolute atomic E-state index is 0. The molecule has 0 amide bonds. The fourth-order valence-electron chi connectivity index (χ4n) is 3.57. The number of rotatable bonds is 9. The molecular formula is C21H33IN6O4. The summed E-state index contributed by atoms with van der Waals surface area (Å²) in [6.45, 7) is 4.34. The number of fused-ring (bicyclic) bond motifs is 1. The summed E-state index contributed by atoms with van der Waals surface area (Å²) in [5.41, 5.74) is 0.856. The van der Waals surface area contributed by atoms with Gasteiger partial charge in [0.25, 0.3) is 0 Å². The minimum Gasteiger partial charge on any atom is -0.496 e. The van der Waals surface area contributed by atoms with Crippen LogP contribution in [0.25, 0.3) is 0 Å². The monoisotopic (exact) mass is 560 g/mol. The summed E-state index contributed by atoms with van der Waals surface area (Å²) in [7, 11) is 6.51. The largest absolute Gasteiger partial charge is 0.496 e. The van der Waals surface area contributed by atoms with Crippen molar-refractivity contribution in [2.24, 2.45) is 4.99 Å². The molecule has 1 aliphatic rings. The zero-order valence-corrected chi connectivity index (χ0v) is 21.6. The van der Waals surface area contributed by atoms with Crippen LogP contribution >= 0.6 is 24.0 Å². The second-order valence-corrected chi connectivity index (χ2v) is 7.14. The van der Waals surface area contributed by atoms with Crippen LogP contribution in [0.4, 0.5) is 0 Å². The molecule has 2 N–H and O–H groups in total. The standard InChI is InChI=1S/C21H32N6O4.HI/c1-6-22-21(23-11-16-17(30-4)9-15(29-3)10-18(16)31-5)24-14-7-8-20-25-19(13-28-2)26-27(20)12-14;/h9-10,14H,6-8,11-13H2,1-5H3,(H2,22,23,24);1H. The van der Waals surface area contributed by atoms with Crippen molar-refractivity contribution < 1.29 is 18.9 Å². The average Bonchev–Trinajstić information content (AvgIpc) is 3.18. The number of hydrogen-bond acceptors (Lipinski definition) is 7. The molecule has 1 aliphatic heterocycles. The molecule has 2 heterocycles. The molecule has 3 rings (SSSR count). The van der Waals surface area contributed by atoms with E-state index in [-0.39, 0.29) is 30.0 Å². The number of hydrogen-bond donors (Lipinski definition) is 2. The van der Waals surface area contributed by atoms with Crippen molar-refractivity contribution in [3.05, 3.63) is 29.3 Å². The van der Waals surface area contributed by atoms with Crippen LogP contribution in [-0.2, 0) is 30.9 Å². The highest BCUT2D eigenvalue weighted by atomic mass is 127. The van der Waals surface area contributed by atoms with Crippen LogP contribution in [0, 0.1) is 0 Å². The summed E-state index contributed by atoms with van der Waals surface area (Å²) in [6.07, 6.45) is 1.80. The molecular weight excluding hydrogens is 527 g/mol. The van der Waals surface area contributed by atoms with Crippen molar-refractivity contribution in [3.8, 4) is 17.2 Å². The van der Waals surface area contributed by atoms with Gasteiger partial charge in [0.1, 0.15) is 29.7 Å². The highest BCUT2D eigenvalue weighted by Gasteiger charge is 2.22. The predicted molar refractivity (Wildman–Crippen MR) is 132 cm³/mol. The molecule has 0 fully saturated rings. The quantitative estimate of drug-likeness (QED) is 0.273. The number of ether oxygens (including phenoxy) is 4. The van der Waals surface area contributed by atoms with E-state index in [2.05, 4.69) is 20.7 Å². The Hall–Kier alpha value is -2.28. The Bertz CT molecular complexity index is 879. The van der Waals surface area contributed by atoms with E-state index in [1.807, 2.05) is 23.7 Å². The van der Waals surface area contributed by atoms with Crippen molar-refractivity contribution >= 4 is 29.9 Å². The van der Waals surface area contributed by atoms with E-state index in [1.54, 1.807) is 28.4 Å². The summed E-state index contributed by atoms with van der Waals surface area (Å²) in [5, 5.41) is 11.4. The van der Waals surface area contributed by atoms with E-state index in [9.17, 15) is 0 Å². The number of aliphatic imine (C=N–C) groups is 1. The summed E-state index contributed by atoms with van der Waals surface area (Å²) in [4.78, 5) is 9.30. The first-order valence-electron chi connectivity index (χ1n) is 10.4. The molecule has 0 spiro atoms. The van der Waals surface area contributed by atoms with E-state index in [0.717, 1.165) is 49.1 Å². The van der Waals surface area contributed by atoms with Crippen LogP contribution in [0.1, 0.15) is 30.6 Å². The van der Waals surface area contributed by atoms with Gasteiger partial charge in [-0.25, -0.2) is 14.7 Å². The molecule has 1 atom stereocenters. The van der Waals surface area contributed by atoms with Gasteiger partial charge in [0.05, 0.1) is 40.0 Å². The molecule has 10 nitrogen and oxygen atoms in total. The third-order valence-corrected chi connectivity index (χ3v) is 5.07. The smallest absolute Gasteiger partial charge is 0.191 e. The summed E-state index contributed by atoms with van der Waals surface area (Å²) in [6, 6.07) is 3.86. The lowest BCUT2D eigenvalue weighted by Gasteiger charge is -2.25. The molecule has 1 aromatic carbocycles. The molecule has 1 aromatic heterocycles. The third-order valence-electron chi connectivity index (χ3n) is 5.07. The van der Waals surface area contributed by atoms with E-state index in [0.29, 0.717) is 30.4 Å². The first-order valence-corrected chi connectivity index (χ1v) is 10.4. The van der Waals surface area contributed by atoms with E-state index in [4.69, 9.17) is 23.9 Å². The third kappa shape index (κ3) is 6.37. The fraction of sp³-hybridized carbons (Fsp3) is 0.571. The predicted octanol–water partition coefficient (Wildman–Crippen LogP) is 2.14. The van der Waals surface area contributed by atoms with E-state index in [1.165, 1.54) is 0 Å². The maximum absolute atomic E-state index is 5.53. The molecule has 2 aromatic rings. The summed E-state index contributed by atoms with van der Waals surface area (Å²) < 4.78 is 23.5. The van der Waals surface area contributed by atoms with Crippen molar-refractivity contribution in [1.82, 2.24) is 25.4 Å². The molecule has 0 bridgehead atoms. The maximum atomic E-state index is 5.53. The molecule has 11 heteroatoms. The lowest BCUT2D eigenvalue weighted by atomic mass is 10.1. The van der Waals surface area contributed by atoms with Crippen LogP contribution < -0.4 is 24.8 Å². The Labute approximate surface area is 206 Å². The zero-order valence-electron chi connectivity index (χ0n) is 19.3. The molecule has 0 saturated carbocycles. The van der Waals surface area contributed by atoms with Crippen LogP contribution in [0.5, 0.6) is 17.2 Å². The maximum Gasteiger partial charge on any atom is 0.191 e. The van der Waals surface area contributed by atoms with Gasteiger partial charge in [0.15, 0.2) is 11.8 Å². The van der Waals surface area contributed by atoms with Gasteiger partial charge in [-0.2, -0.15) is 5.10 Å². The first-order chi connectivity index (χ1) is 15.1. The fourth-order valence-corrected chi connectivity index (χ4v) is 3.57. The number of nitrogens with zero attached hydrogens (tertiary/aromatic N) is 4. The number of aromatic nitrogens is 3. The number of halogens is 1. The topological polar surface area (TPSA) is 104 Å². The van der Waals surface area contributed by atoms with Gasteiger partial charge >= 0.3 is 0 Å². The zero-order chi connectivity index (χ0) is 22.2. The van der Waals surface area contributed by atoms with Crippen LogP contribution in [0.15, 0.2) is 17.1 Å². The Morgan fingerprint density at radius 3 is 2.47 bits per heavy atom. The van der Waals surface area contributed by atoms with Crippen LogP contribution in [-0.4, -0.2) is 61.7 Å². The molecule has 178 valence electrons. The molecule has 0 radical (unpaired) electrons. The Kier molecular flexibility index (Phi) is 10.3. The van der Waals surface area contributed by atoms with Gasteiger partial charge in [-0.15, -0.1) is 24.0 Å². The lowest BCUT2D eigenvalue weighted by Crippen LogP contribution is -2.47. The van der Waals surface area contributed by atoms with Crippen molar-refractivity contribution in [1.29, 1.82) is 0 Å². The first kappa shape index (κ1) is 26.0. The molecule has 0 saturated heterocycles. The second-order valence-electron chi connectivity index (χ2n) is 7.14. The normalized spacial score (nSPS) is 15.4. The lowest BCUT2D eigenvalue weighted by molar-refractivity contribution is 0.177. The van der Waals surface area contributed by atoms with Gasteiger partial charge < -0.3 is 29.6 Å². The SMILES string of the molecule is CCNC(=NCc1c(OC)cc(OC)cc1OC)NC1CCc2nc(COC)nn2C1.I. The molecule has 0 aliphatic carbocycles. The molecule has 1 unspecified atom stereocenters. The number of guanidine groups is 1. The number of nitrogens with one attached hydrogen (secondary N) is 2. The van der Waals surface area contributed by atoms with Gasteiger partial charge in [0.2, 0.25) is 0 Å². The van der Waals surface area contributed by atoms with Crippen LogP contribution in [0.3, 0.4) is 0 Å². The Morgan fingerprint density at radius 1 is 1.16 bits per heavy atom. The second kappa shape index (κ2) is 12.7. The number of aryl methyl sites for hydroxylation is 1. The average molecular weight is 560 g/mol. The van der Waals surface area contributed by atoms with Gasteiger partial charge in [-0.3, -0.25) is 0 Å².